The van der Waals surface area contributed by atoms with E-state index in [-0.39, 0.29) is 0 Å². The highest BCUT2D eigenvalue weighted by Crippen LogP contribution is 2.27. The minimum atomic E-state index is 0.291. The van der Waals surface area contributed by atoms with Crippen LogP contribution < -0.4 is 5.32 Å². The first-order valence-electron chi connectivity index (χ1n) is 6.68. The number of carbonyl (C=O) groups is 1. The Morgan fingerprint density at radius 1 is 1.31 bits per heavy atom. The van der Waals surface area contributed by atoms with E-state index in [0.717, 1.165) is 19.0 Å². The molecule has 1 aliphatic carbocycles. The van der Waals surface area contributed by atoms with Crippen molar-refractivity contribution in [1.29, 1.82) is 0 Å². The van der Waals surface area contributed by atoms with Gasteiger partial charge in [-0.15, -0.1) is 0 Å². The molecule has 92 valence electrons. The summed E-state index contributed by atoms with van der Waals surface area (Å²) >= 11 is 0. The lowest BCUT2D eigenvalue weighted by atomic mass is 9.92. The molecule has 2 unspecified atom stereocenters. The molecule has 3 nitrogen and oxygen atoms in total. The fourth-order valence-corrected chi connectivity index (χ4v) is 2.49. The molecule has 1 aliphatic heterocycles. The highest BCUT2D eigenvalue weighted by molar-refractivity contribution is 5.78. The van der Waals surface area contributed by atoms with E-state index >= 15 is 0 Å². The SMILES string of the molecule is CC1CCCN(C(=O)CNCC2CC2)C1C. The molecule has 0 aromatic carbocycles. The average molecular weight is 224 g/mol. The normalized spacial score (nSPS) is 30.5. The van der Waals surface area contributed by atoms with Crippen LogP contribution in [0.5, 0.6) is 0 Å². The van der Waals surface area contributed by atoms with Crippen LogP contribution in [-0.2, 0) is 4.79 Å². The van der Waals surface area contributed by atoms with Gasteiger partial charge in [0.25, 0.3) is 0 Å². The van der Waals surface area contributed by atoms with Gasteiger partial charge in [-0.3, -0.25) is 4.79 Å². The van der Waals surface area contributed by atoms with Gasteiger partial charge in [-0.2, -0.15) is 0 Å². The minimum absolute atomic E-state index is 0.291. The Balaban J connectivity index is 1.73. The number of hydrogen-bond donors (Lipinski definition) is 1. The summed E-state index contributed by atoms with van der Waals surface area (Å²) in [6, 6.07) is 0.420. The molecule has 0 radical (unpaired) electrons. The molecule has 16 heavy (non-hydrogen) atoms. The number of amides is 1. The first-order valence-corrected chi connectivity index (χ1v) is 6.68. The molecule has 0 aromatic rings. The minimum Gasteiger partial charge on any atom is -0.339 e. The largest absolute Gasteiger partial charge is 0.339 e. The Hall–Kier alpha value is -0.570. The molecule has 2 rings (SSSR count). The molecule has 2 fully saturated rings. The van der Waals surface area contributed by atoms with Crippen molar-refractivity contribution >= 4 is 5.91 Å². The number of piperidine rings is 1. The van der Waals surface area contributed by atoms with Crippen molar-refractivity contribution in [2.75, 3.05) is 19.6 Å². The third-order valence-electron chi connectivity index (χ3n) is 4.10. The zero-order valence-electron chi connectivity index (χ0n) is 10.5. The van der Waals surface area contributed by atoms with Crippen molar-refractivity contribution in [2.45, 2.75) is 45.6 Å². The van der Waals surface area contributed by atoms with Crippen LogP contribution in [0.3, 0.4) is 0 Å². The van der Waals surface area contributed by atoms with Crippen molar-refractivity contribution in [3.8, 4) is 0 Å². The number of hydrogen-bond acceptors (Lipinski definition) is 2. The maximum absolute atomic E-state index is 12.0. The topological polar surface area (TPSA) is 32.3 Å². The highest BCUT2D eigenvalue weighted by atomic mass is 16.2. The van der Waals surface area contributed by atoms with Gasteiger partial charge in [-0.05, 0) is 51.0 Å². The molecule has 1 heterocycles. The quantitative estimate of drug-likeness (QED) is 0.787. The first kappa shape index (κ1) is 11.9. The van der Waals surface area contributed by atoms with Gasteiger partial charge in [0.2, 0.25) is 5.91 Å². The van der Waals surface area contributed by atoms with Crippen molar-refractivity contribution in [1.82, 2.24) is 10.2 Å². The predicted molar refractivity (Wildman–Crippen MR) is 65.2 cm³/mol. The summed E-state index contributed by atoms with van der Waals surface area (Å²) < 4.78 is 0. The number of nitrogens with zero attached hydrogens (tertiary/aromatic N) is 1. The standard InChI is InChI=1S/C13H24N2O/c1-10-4-3-7-15(11(10)2)13(16)9-14-8-12-5-6-12/h10-12,14H,3-9H2,1-2H3. The summed E-state index contributed by atoms with van der Waals surface area (Å²) in [5.74, 6) is 1.80. The van der Waals surface area contributed by atoms with Crippen molar-refractivity contribution in [3.05, 3.63) is 0 Å². The first-order chi connectivity index (χ1) is 7.68. The summed E-state index contributed by atoms with van der Waals surface area (Å²) in [7, 11) is 0. The zero-order chi connectivity index (χ0) is 11.5. The summed E-state index contributed by atoms with van der Waals surface area (Å²) in [6.07, 6.45) is 5.12. The molecule has 1 amide bonds. The Kier molecular flexibility index (Phi) is 3.85. The van der Waals surface area contributed by atoms with Gasteiger partial charge in [0.15, 0.2) is 0 Å². The fourth-order valence-electron chi connectivity index (χ4n) is 2.49. The number of rotatable bonds is 4. The predicted octanol–water partition coefficient (Wildman–Crippen LogP) is 1.63. The molecule has 1 N–H and O–H groups in total. The Morgan fingerprint density at radius 3 is 2.75 bits per heavy atom. The molecule has 3 heteroatoms. The smallest absolute Gasteiger partial charge is 0.236 e. The zero-order valence-corrected chi connectivity index (χ0v) is 10.5. The Morgan fingerprint density at radius 2 is 2.06 bits per heavy atom. The van der Waals surface area contributed by atoms with E-state index in [2.05, 4.69) is 24.1 Å². The van der Waals surface area contributed by atoms with Gasteiger partial charge in [0.1, 0.15) is 0 Å². The number of likely N-dealkylation sites (tertiary alicyclic amines) is 1. The van der Waals surface area contributed by atoms with Crippen LogP contribution in [0.25, 0.3) is 0 Å². The second-order valence-electron chi connectivity index (χ2n) is 5.52. The van der Waals surface area contributed by atoms with Crippen LogP contribution in [0.15, 0.2) is 0 Å². The number of carbonyl (C=O) groups excluding carboxylic acids is 1. The molecular weight excluding hydrogens is 200 g/mol. The third kappa shape index (κ3) is 2.97. The Bertz CT molecular complexity index is 250. The fraction of sp³-hybridized carbons (Fsp3) is 0.923. The van der Waals surface area contributed by atoms with Gasteiger partial charge in [0, 0.05) is 12.6 Å². The molecule has 1 saturated carbocycles. The van der Waals surface area contributed by atoms with E-state index in [1.54, 1.807) is 0 Å². The van der Waals surface area contributed by atoms with Crippen molar-refractivity contribution in [2.24, 2.45) is 11.8 Å². The highest BCUT2D eigenvalue weighted by Gasteiger charge is 2.28. The summed E-state index contributed by atoms with van der Waals surface area (Å²) in [6.45, 7) is 6.96. The average Bonchev–Trinajstić information content (AvgIpc) is 3.06. The van der Waals surface area contributed by atoms with E-state index < -0.39 is 0 Å². The molecule has 0 aromatic heterocycles. The van der Waals surface area contributed by atoms with Gasteiger partial charge in [-0.25, -0.2) is 0 Å². The molecule has 0 spiro atoms. The van der Waals surface area contributed by atoms with E-state index in [4.69, 9.17) is 0 Å². The van der Waals surface area contributed by atoms with Gasteiger partial charge in [0.05, 0.1) is 6.54 Å². The van der Waals surface area contributed by atoms with Crippen LogP contribution in [0.2, 0.25) is 0 Å². The lowest BCUT2D eigenvalue weighted by molar-refractivity contribution is -0.134. The molecule has 2 aliphatic rings. The van der Waals surface area contributed by atoms with Crippen LogP contribution in [0.1, 0.15) is 39.5 Å². The maximum atomic E-state index is 12.0. The summed E-state index contributed by atoms with van der Waals surface area (Å²) in [5, 5.41) is 3.29. The van der Waals surface area contributed by atoms with Crippen molar-refractivity contribution in [3.63, 3.8) is 0 Å². The monoisotopic (exact) mass is 224 g/mol. The van der Waals surface area contributed by atoms with Crippen LogP contribution in [0, 0.1) is 11.8 Å². The second kappa shape index (κ2) is 5.17. The molecule has 2 atom stereocenters. The van der Waals surface area contributed by atoms with E-state index in [0.29, 0.717) is 24.4 Å². The molecule has 1 saturated heterocycles. The van der Waals surface area contributed by atoms with Gasteiger partial charge in [-0.1, -0.05) is 6.92 Å². The van der Waals surface area contributed by atoms with E-state index in [1.807, 2.05) is 0 Å². The number of nitrogens with one attached hydrogen (secondary N) is 1. The summed E-state index contributed by atoms with van der Waals surface area (Å²) in [4.78, 5) is 14.1. The maximum Gasteiger partial charge on any atom is 0.236 e. The van der Waals surface area contributed by atoms with Gasteiger partial charge < -0.3 is 10.2 Å². The van der Waals surface area contributed by atoms with Crippen LogP contribution in [-0.4, -0.2) is 36.5 Å². The van der Waals surface area contributed by atoms with E-state index in [1.165, 1.54) is 25.7 Å². The van der Waals surface area contributed by atoms with Crippen LogP contribution in [0.4, 0.5) is 0 Å². The molecule has 0 bridgehead atoms. The van der Waals surface area contributed by atoms with Crippen LogP contribution >= 0.6 is 0 Å². The lowest BCUT2D eigenvalue weighted by Gasteiger charge is -2.38. The lowest BCUT2D eigenvalue weighted by Crippen LogP contribution is -2.49. The third-order valence-corrected chi connectivity index (χ3v) is 4.10. The van der Waals surface area contributed by atoms with E-state index in [9.17, 15) is 4.79 Å². The summed E-state index contributed by atoms with van der Waals surface area (Å²) in [5.41, 5.74) is 0. The van der Waals surface area contributed by atoms with Gasteiger partial charge >= 0.3 is 0 Å². The van der Waals surface area contributed by atoms with Crippen molar-refractivity contribution < 1.29 is 4.79 Å². The molecular formula is C13H24N2O. The second-order valence-corrected chi connectivity index (χ2v) is 5.52. The Labute approximate surface area is 98.6 Å².